The molecule has 1 N–H and O–H groups in total. The molecule has 1 aromatic rings. The molecule has 2 fully saturated rings. The van der Waals surface area contributed by atoms with Crippen LogP contribution in [0.1, 0.15) is 5.82 Å². The summed E-state index contributed by atoms with van der Waals surface area (Å²) in [4.78, 5) is 6.92. The Morgan fingerprint density at radius 3 is 2.73 bits per heavy atom. The average molecular weight is 206 g/mol. The van der Waals surface area contributed by atoms with E-state index in [1.165, 1.54) is 32.0 Å². The fourth-order valence-corrected chi connectivity index (χ4v) is 2.83. The van der Waals surface area contributed by atoms with Gasteiger partial charge in [-0.1, -0.05) is 0 Å². The first-order chi connectivity index (χ1) is 7.33. The topological polar surface area (TPSA) is 33.1 Å². The second kappa shape index (κ2) is 3.61. The van der Waals surface area contributed by atoms with Crippen LogP contribution in [0.25, 0.3) is 0 Å². The highest BCUT2D eigenvalue weighted by Crippen LogP contribution is 2.26. The molecule has 1 aromatic heterocycles. The third-order valence-electron chi connectivity index (χ3n) is 3.75. The van der Waals surface area contributed by atoms with E-state index in [1.807, 2.05) is 12.4 Å². The standard InChI is InChI=1S/C11H18N4/c1-14-3-2-13-11(14)8-15-6-9-4-12-5-10(9)7-15/h2-3,9-10,12H,4-8H2,1H3. The number of aromatic nitrogens is 2. The summed E-state index contributed by atoms with van der Waals surface area (Å²) in [6, 6.07) is 0. The monoisotopic (exact) mass is 206 g/mol. The first-order valence-corrected chi connectivity index (χ1v) is 5.72. The highest BCUT2D eigenvalue weighted by atomic mass is 15.2. The van der Waals surface area contributed by atoms with Crippen LogP contribution in [0.2, 0.25) is 0 Å². The van der Waals surface area contributed by atoms with Gasteiger partial charge in [0.2, 0.25) is 0 Å². The van der Waals surface area contributed by atoms with Gasteiger partial charge in [0.15, 0.2) is 0 Å². The Labute approximate surface area is 90.3 Å². The Bertz CT molecular complexity index is 334. The van der Waals surface area contributed by atoms with E-state index in [2.05, 4.69) is 26.8 Å². The van der Waals surface area contributed by atoms with Gasteiger partial charge < -0.3 is 9.88 Å². The zero-order chi connectivity index (χ0) is 10.3. The lowest BCUT2D eigenvalue weighted by molar-refractivity contribution is 0.295. The molecule has 0 amide bonds. The van der Waals surface area contributed by atoms with Crippen LogP contribution in [-0.4, -0.2) is 40.6 Å². The van der Waals surface area contributed by atoms with Crippen molar-refractivity contribution >= 4 is 0 Å². The summed E-state index contributed by atoms with van der Waals surface area (Å²) in [5.41, 5.74) is 0. The van der Waals surface area contributed by atoms with Crippen LogP contribution in [0.3, 0.4) is 0 Å². The lowest BCUT2D eigenvalue weighted by Gasteiger charge is -2.16. The third kappa shape index (κ3) is 1.68. The molecule has 0 spiro atoms. The lowest BCUT2D eigenvalue weighted by atomic mass is 10.0. The molecule has 0 bridgehead atoms. The van der Waals surface area contributed by atoms with Crippen LogP contribution < -0.4 is 5.32 Å². The van der Waals surface area contributed by atoms with E-state index in [0.29, 0.717) is 0 Å². The van der Waals surface area contributed by atoms with Crippen LogP contribution in [0.15, 0.2) is 12.4 Å². The highest BCUT2D eigenvalue weighted by molar-refractivity contribution is 4.96. The normalized spacial score (nSPS) is 31.0. The van der Waals surface area contributed by atoms with Gasteiger partial charge in [-0.3, -0.25) is 4.90 Å². The van der Waals surface area contributed by atoms with Crippen LogP contribution in [0, 0.1) is 11.8 Å². The minimum Gasteiger partial charge on any atom is -0.337 e. The van der Waals surface area contributed by atoms with E-state index in [9.17, 15) is 0 Å². The third-order valence-corrected chi connectivity index (χ3v) is 3.75. The van der Waals surface area contributed by atoms with Crippen LogP contribution in [0.5, 0.6) is 0 Å². The molecular formula is C11H18N4. The van der Waals surface area contributed by atoms with Crippen molar-refractivity contribution < 1.29 is 0 Å². The quantitative estimate of drug-likeness (QED) is 0.743. The van der Waals surface area contributed by atoms with Gasteiger partial charge in [0.25, 0.3) is 0 Å². The lowest BCUT2D eigenvalue weighted by Crippen LogP contribution is -2.26. The van der Waals surface area contributed by atoms with Crippen molar-refractivity contribution in [2.75, 3.05) is 26.2 Å². The number of hydrogen-bond donors (Lipinski definition) is 1. The molecule has 15 heavy (non-hydrogen) atoms. The molecule has 4 heteroatoms. The maximum absolute atomic E-state index is 4.38. The fourth-order valence-electron chi connectivity index (χ4n) is 2.83. The molecule has 3 rings (SSSR count). The number of hydrogen-bond acceptors (Lipinski definition) is 3. The number of nitrogens with zero attached hydrogens (tertiary/aromatic N) is 3. The summed E-state index contributed by atoms with van der Waals surface area (Å²) in [5, 5.41) is 3.47. The number of aryl methyl sites for hydroxylation is 1. The molecule has 2 saturated heterocycles. The number of imidazole rings is 1. The number of nitrogens with one attached hydrogen (secondary N) is 1. The summed E-state index contributed by atoms with van der Waals surface area (Å²) >= 11 is 0. The van der Waals surface area contributed by atoms with Gasteiger partial charge in [-0.25, -0.2) is 4.98 Å². The second-order valence-electron chi connectivity index (χ2n) is 4.83. The van der Waals surface area contributed by atoms with Crippen molar-refractivity contribution in [1.82, 2.24) is 19.8 Å². The zero-order valence-electron chi connectivity index (χ0n) is 9.19. The fraction of sp³-hybridized carbons (Fsp3) is 0.727. The van der Waals surface area contributed by atoms with Gasteiger partial charge in [0.1, 0.15) is 5.82 Å². The maximum Gasteiger partial charge on any atom is 0.122 e. The van der Waals surface area contributed by atoms with Crippen molar-refractivity contribution in [2.45, 2.75) is 6.54 Å². The van der Waals surface area contributed by atoms with E-state index in [0.717, 1.165) is 18.4 Å². The van der Waals surface area contributed by atoms with Gasteiger partial charge in [0.05, 0.1) is 6.54 Å². The van der Waals surface area contributed by atoms with E-state index in [1.54, 1.807) is 0 Å². The van der Waals surface area contributed by atoms with Gasteiger partial charge in [0, 0.05) is 32.5 Å². The number of fused-ring (bicyclic) bond motifs is 1. The molecular weight excluding hydrogens is 188 g/mol. The van der Waals surface area contributed by atoms with E-state index >= 15 is 0 Å². The first kappa shape index (κ1) is 9.36. The molecule has 2 aliphatic rings. The van der Waals surface area contributed by atoms with Crippen LogP contribution >= 0.6 is 0 Å². The predicted molar refractivity (Wildman–Crippen MR) is 58.3 cm³/mol. The Morgan fingerprint density at radius 2 is 2.13 bits per heavy atom. The second-order valence-corrected chi connectivity index (χ2v) is 4.83. The Hall–Kier alpha value is -0.870. The maximum atomic E-state index is 4.38. The molecule has 0 aliphatic carbocycles. The minimum atomic E-state index is 0.880. The molecule has 0 aromatic carbocycles. The molecule has 3 heterocycles. The molecule has 2 aliphatic heterocycles. The van der Waals surface area contributed by atoms with E-state index in [-0.39, 0.29) is 0 Å². The van der Waals surface area contributed by atoms with Crippen molar-refractivity contribution in [3.8, 4) is 0 Å². The summed E-state index contributed by atoms with van der Waals surface area (Å²) in [5.74, 6) is 2.94. The smallest absolute Gasteiger partial charge is 0.122 e. The van der Waals surface area contributed by atoms with Gasteiger partial charge in [-0.15, -0.1) is 0 Å². The largest absolute Gasteiger partial charge is 0.337 e. The first-order valence-electron chi connectivity index (χ1n) is 5.72. The van der Waals surface area contributed by atoms with Crippen molar-refractivity contribution in [3.05, 3.63) is 18.2 Å². The molecule has 2 atom stereocenters. The van der Waals surface area contributed by atoms with Gasteiger partial charge in [-0.2, -0.15) is 0 Å². The summed E-state index contributed by atoms with van der Waals surface area (Å²) in [6.07, 6.45) is 3.90. The SMILES string of the molecule is Cn1ccnc1CN1CC2CNCC2C1. The molecule has 0 radical (unpaired) electrons. The highest BCUT2D eigenvalue weighted by Gasteiger charge is 2.36. The van der Waals surface area contributed by atoms with E-state index < -0.39 is 0 Å². The van der Waals surface area contributed by atoms with Crippen molar-refractivity contribution in [2.24, 2.45) is 18.9 Å². The molecule has 2 unspecified atom stereocenters. The van der Waals surface area contributed by atoms with E-state index in [4.69, 9.17) is 0 Å². The molecule has 82 valence electrons. The number of likely N-dealkylation sites (tertiary alicyclic amines) is 1. The summed E-state index contributed by atoms with van der Waals surface area (Å²) < 4.78 is 2.12. The van der Waals surface area contributed by atoms with Crippen LogP contribution in [0.4, 0.5) is 0 Å². The van der Waals surface area contributed by atoms with Gasteiger partial charge in [-0.05, 0) is 24.9 Å². The Kier molecular flexibility index (Phi) is 2.25. The zero-order valence-corrected chi connectivity index (χ0v) is 9.19. The Balaban J connectivity index is 1.64. The molecule has 4 nitrogen and oxygen atoms in total. The predicted octanol–water partition coefficient (Wildman–Crippen LogP) is 0.0713. The summed E-state index contributed by atoms with van der Waals surface area (Å²) in [7, 11) is 2.07. The van der Waals surface area contributed by atoms with Crippen molar-refractivity contribution in [3.63, 3.8) is 0 Å². The number of rotatable bonds is 2. The summed E-state index contributed by atoms with van der Waals surface area (Å²) in [6.45, 7) is 5.91. The average Bonchev–Trinajstić information content (AvgIpc) is 2.83. The van der Waals surface area contributed by atoms with Crippen LogP contribution in [-0.2, 0) is 13.6 Å². The van der Waals surface area contributed by atoms with Crippen molar-refractivity contribution in [1.29, 1.82) is 0 Å². The molecule has 0 saturated carbocycles. The van der Waals surface area contributed by atoms with Gasteiger partial charge >= 0.3 is 0 Å². The minimum absolute atomic E-state index is 0.880. The Morgan fingerprint density at radius 1 is 1.40 bits per heavy atom.